The molecule has 2 aliphatic carbocycles. The van der Waals surface area contributed by atoms with Crippen molar-refractivity contribution in [2.75, 3.05) is 0 Å². The fourth-order valence-electron chi connectivity index (χ4n) is 6.24. The molecule has 2 fully saturated rings. The lowest BCUT2D eigenvalue weighted by molar-refractivity contribution is 0.153. The van der Waals surface area contributed by atoms with Gasteiger partial charge in [-0.1, -0.05) is 102 Å². The van der Waals surface area contributed by atoms with Crippen LogP contribution in [0.5, 0.6) is 0 Å². The topological polar surface area (TPSA) is 0 Å². The third-order valence-electron chi connectivity index (χ3n) is 8.49. The summed E-state index contributed by atoms with van der Waals surface area (Å²) in [5, 5.41) is 0. The first-order valence-electron chi connectivity index (χ1n) is 14.4. The average Bonchev–Trinajstić information content (AvgIpc) is 2.84. The zero-order valence-electron chi connectivity index (χ0n) is 21.3. The largest absolute Gasteiger partial charge is 0.0945 e. The van der Waals surface area contributed by atoms with Crippen LogP contribution in [0, 0.1) is 35.5 Å². The molecule has 0 amide bonds. The second-order valence-electron chi connectivity index (χ2n) is 11.0. The summed E-state index contributed by atoms with van der Waals surface area (Å²) >= 11 is 0. The Balaban J connectivity index is 1.32. The van der Waals surface area contributed by atoms with Crippen LogP contribution in [0.2, 0.25) is 0 Å². The van der Waals surface area contributed by atoms with Gasteiger partial charge in [0.25, 0.3) is 0 Å². The predicted octanol–water partition coefficient (Wildman–Crippen LogP) is 9.74. The summed E-state index contributed by atoms with van der Waals surface area (Å²) in [6, 6.07) is 9.06. The van der Waals surface area contributed by atoms with Crippen LogP contribution in [0.15, 0.2) is 24.3 Å². The average molecular weight is 435 g/mol. The molecule has 0 atom stereocenters. The van der Waals surface area contributed by atoms with Gasteiger partial charge in [0.2, 0.25) is 0 Å². The van der Waals surface area contributed by atoms with Crippen molar-refractivity contribution >= 4 is 0 Å². The molecular formula is C32H50. The number of unbranched alkanes of at least 4 members (excludes halogenated alkanes) is 6. The minimum Gasteiger partial charge on any atom is -0.0945 e. The first-order valence-corrected chi connectivity index (χ1v) is 14.4. The van der Waals surface area contributed by atoms with Crippen LogP contribution in [-0.4, -0.2) is 0 Å². The van der Waals surface area contributed by atoms with E-state index in [0.717, 1.165) is 17.8 Å². The van der Waals surface area contributed by atoms with E-state index in [1.807, 2.05) is 0 Å². The van der Waals surface area contributed by atoms with Crippen LogP contribution in [0.3, 0.4) is 0 Å². The minimum atomic E-state index is 0.634. The number of hydrogen-bond acceptors (Lipinski definition) is 0. The van der Waals surface area contributed by atoms with Gasteiger partial charge in [-0.25, -0.2) is 0 Å². The molecule has 0 N–H and O–H groups in total. The molecule has 0 heteroatoms. The molecule has 3 rings (SSSR count). The van der Waals surface area contributed by atoms with E-state index in [-0.39, 0.29) is 0 Å². The lowest BCUT2D eigenvalue weighted by Gasteiger charge is -2.37. The summed E-state index contributed by atoms with van der Waals surface area (Å²) in [5.74, 6) is 10.8. The first-order chi connectivity index (χ1) is 15.8. The lowest BCUT2D eigenvalue weighted by atomic mass is 9.69. The smallest absolute Gasteiger partial charge is 0.0245 e. The number of benzene rings is 1. The SMILES string of the molecule is CCCCCCCC1CCC(C2CCC(C#Cc3ccc(CCCCC)cc3)CC2)CC1. The Hall–Kier alpha value is -1.22. The van der Waals surface area contributed by atoms with Gasteiger partial charge >= 0.3 is 0 Å². The van der Waals surface area contributed by atoms with Crippen LogP contribution in [0.1, 0.15) is 134 Å². The molecule has 0 aromatic heterocycles. The molecule has 2 saturated carbocycles. The summed E-state index contributed by atoms with van der Waals surface area (Å²) in [6.45, 7) is 4.59. The highest BCUT2D eigenvalue weighted by Crippen LogP contribution is 2.42. The van der Waals surface area contributed by atoms with Gasteiger partial charge in [0.1, 0.15) is 0 Å². The first kappa shape index (κ1) is 25.4. The van der Waals surface area contributed by atoms with Crippen molar-refractivity contribution in [1.29, 1.82) is 0 Å². The Morgan fingerprint density at radius 1 is 0.656 bits per heavy atom. The van der Waals surface area contributed by atoms with Gasteiger partial charge in [-0.05, 0) is 86.8 Å². The van der Waals surface area contributed by atoms with Gasteiger partial charge in [0.15, 0.2) is 0 Å². The maximum atomic E-state index is 3.63. The molecule has 0 bridgehead atoms. The second-order valence-corrected chi connectivity index (χ2v) is 11.0. The number of hydrogen-bond donors (Lipinski definition) is 0. The maximum absolute atomic E-state index is 3.63. The van der Waals surface area contributed by atoms with Crippen molar-refractivity contribution in [3.8, 4) is 11.8 Å². The third-order valence-corrected chi connectivity index (χ3v) is 8.49. The van der Waals surface area contributed by atoms with Gasteiger partial charge in [0.05, 0.1) is 0 Å². The normalized spacial score (nSPS) is 25.8. The molecular weight excluding hydrogens is 384 g/mol. The summed E-state index contributed by atoms with van der Waals surface area (Å²) in [6.07, 6.45) is 25.5. The van der Waals surface area contributed by atoms with Gasteiger partial charge in [-0.2, -0.15) is 0 Å². The zero-order chi connectivity index (χ0) is 22.4. The van der Waals surface area contributed by atoms with E-state index in [1.54, 1.807) is 0 Å². The Bertz CT molecular complexity index is 656. The molecule has 0 saturated heterocycles. The zero-order valence-corrected chi connectivity index (χ0v) is 21.3. The fraction of sp³-hybridized carbons (Fsp3) is 0.750. The van der Waals surface area contributed by atoms with Crippen LogP contribution in [-0.2, 0) is 6.42 Å². The summed E-state index contributed by atoms with van der Waals surface area (Å²) in [7, 11) is 0. The Morgan fingerprint density at radius 3 is 1.91 bits per heavy atom. The monoisotopic (exact) mass is 434 g/mol. The Labute approximate surface area is 200 Å². The molecule has 0 spiro atoms. The van der Waals surface area contributed by atoms with E-state index in [2.05, 4.69) is 50.0 Å². The summed E-state index contributed by atoms with van der Waals surface area (Å²) < 4.78 is 0. The molecule has 32 heavy (non-hydrogen) atoms. The number of rotatable bonds is 11. The summed E-state index contributed by atoms with van der Waals surface area (Å²) in [4.78, 5) is 0. The van der Waals surface area contributed by atoms with Crippen molar-refractivity contribution in [3.05, 3.63) is 35.4 Å². The molecule has 1 aromatic rings. The lowest BCUT2D eigenvalue weighted by Crippen LogP contribution is -2.25. The standard InChI is InChI=1S/C32H50/c1-3-5-7-8-10-12-28-19-23-31(24-20-28)32-25-21-30(22-26-32)18-17-29-15-13-27(14-16-29)11-9-6-4-2/h13-16,28,30-32H,3-12,19-26H2,1-2H3. The van der Waals surface area contributed by atoms with Crippen LogP contribution < -0.4 is 0 Å². The molecule has 178 valence electrons. The molecule has 0 nitrogen and oxygen atoms in total. The third kappa shape index (κ3) is 8.96. The highest BCUT2D eigenvalue weighted by Gasteiger charge is 2.30. The van der Waals surface area contributed by atoms with E-state index in [0.29, 0.717) is 5.92 Å². The van der Waals surface area contributed by atoms with Gasteiger partial charge < -0.3 is 0 Å². The van der Waals surface area contributed by atoms with Gasteiger partial charge in [0, 0.05) is 11.5 Å². The minimum absolute atomic E-state index is 0.634. The molecule has 2 aliphatic rings. The Kier molecular flexibility index (Phi) is 11.8. The molecule has 0 aliphatic heterocycles. The fourth-order valence-corrected chi connectivity index (χ4v) is 6.24. The number of aryl methyl sites for hydroxylation is 1. The highest BCUT2D eigenvalue weighted by molar-refractivity contribution is 5.36. The van der Waals surface area contributed by atoms with E-state index in [4.69, 9.17) is 0 Å². The van der Waals surface area contributed by atoms with Crippen molar-refractivity contribution in [2.45, 2.75) is 129 Å². The molecule has 0 radical (unpaired) electrons. The van der Waals surface area contributed by atoms with Crippen LogP contribution in [0.4, 0.5) is 0 Å². The van der Waals surface area contributed by atoms with E-state index in [9.17, 15) is 0 Å². The second kappa shape index (κ2) is 14.8. The van der Waals surface area contributed by atoms with Crippen molar-refractivity contribution in [3.63, 3.8) is 0 Å². The Morgan fingerprint density at radius 2 is 1.25 bits per heavy atom. The van der Waals surface area contributed by atoms with Gasteiger partial charge in [-0.3, -0.25) is 0 Å². The quantitative estimate of drug-likeness (QED) is 0.240. The summed E-state index contributed by atoms with van der Waals surface area (Å²) in [5.41, 5.74) is 2.68. The maximum Gasteiger partial charge on any atom is 0.0245 e. The van der Waals surface area contributed by atoms with Crippen LogP contribution >= 0.6 is 0 Å². The predicted molar refractivity (Wildman–Crippen MR) is 141 cm³/mol. The van der Waals surface area contributed by atoms with Crippen molar-refractivity contribution in [1.82, 2.24) is 0 Å². The van der Waals surface area contributed by atoms with Crippen molar-refractivity contribution < 1.29 is 0 Å². The molecule has 0 heterocycles. The van der Waals surface area contributed by atoms with E-state index >= 15 is 0 Å². The molecule has 0 unspecified atom stereocenters. The van der Waals surface area contributed by atoms with Crippen molar-refractivity contribution in [2.24, 2.45) is 23.7 Å². The van der Waals surface area contributed by atoms with E-state index in [1.165, 1.54) is 127 Å². The van der Waals surface area contributed by atoms with Crippen LogP contribution in [0.25, 0.3) is 0 Å². The van der Waals surface area contributed by atoms with E-state index < -0.39 is 0 Å². The molecule has 1 aromatic carbocycles. The highest BCUT2D eigenvalue weighted by atomic mass is 14.4. The van der Waals surface area contributed by atoms with Gasteiger partial charge in [-0.15, -0.1) is 0 Å².